The summed E-state index contributed by atoms with van der Waals surface area (Å²) in [5.41, 5.74) is 1.20. The third-order valence-corrected chi connectivity index (χ3v) is 2.75. The summed E-state index contributed by atoms with van der Waals surface area (Å²) in [6.07, 6.45) is 4.85. The molecule has 1 aromatic rings. The van der Waals surface area contributed by atoms with Gasteiger partial charge in [0.05, 0.1) is 0 Å². The Morgan fingerprint density at radius 2 is 2.20 bits per heavy atom. The lowest BCUT2D eigenvalue weighted by Crippen LogP contribution is -2.49. The van der Waals surface area contributed by atoms with E-state index in [0.29, 0.717) is 6.04 Å². The first kappa shape index (κ1) is 10.4. The molecule has 82 valence electrons. The van der Waals surface area contributed by atoms with Gasteiger partial charge in [0.2, 0.25) is 5.95 Å². The topological polar surface area (TPSA) is 41.1 Å². The van der Waals surface area contributed by atoms with Gasteiger partial charge in [0, 0.05) is 38.1 Å². The van der Waals surface area contributed by atoms with Gasteiger partial charge in [-0.3, -0.25) is 0 Å². The summed E-state index contributed by atoms with van der Waals surface area (Å²) in [6, 6.07) is 0.521. The second kappa shape index (κ2) is 4.57. The predicted molar refractivity (Wildman–Crippen MR) is 61.1 cm³/mol. The molecular weight excluding hydrogens is 188 g/mol. The molecule has 1 aromatic heterocycles. The highest BCUT2D eigenvalue weighted by molar-refractivity contribution is 5.31. The van der Waals surface area contributed by atoms with Crippen LogP contribution in [0.4, 0.5) is 5.95 Å². The molecule has 1 N–H and O–H groups in total. The molecule has 2 rings (SSSR count). The van der Waals surface area contributed by atoms with E-state index in [0.717, 1.165) is 32.0 Å². The fourth-order valence-corrected chi connectivity index (χ4v) is 1.81. The van der Waals surface area contributed by atoms with E-state index < -0.39 is 0 Å². The maximum atomic E-state index is 4.39. The summed E-state index contributed by atoms with van der Waals surface area (Å²) in [4.78, 5) is 11.0. The van der Waals surface area contributed by atoms with Gasteiger partial charge >= 0.3 is 0 Å². The molecule has 1 aliphatic heterocycles. The van der Waals surface area contributed by atoms with Crippen LogP contribution in [0.25, 0.3) is 0 Å². The quantitative estimate of drug-likeness (QED) is 0.778. The standard InChI is InChI=1S/C11H18N4/c1-3-10-6-13-11(14-7-10)15-5-4-12-9(2)8-15/h6-7,9,12H,3-5,8H2,1-2H3. The number of hydrogen-bond donors (Lipinski definition) is 1. The molecule has 1 unspecified atom stereocenters. The second-order valence-corrected chi connectivity index (χ2v) is 4.05. The van der Waals surface area contributed by atoms with Crippen molar-refractivity contribution in [1.29, 1.82) is 0 Å². The van der Waals surface area contributed by atoms with Gasteiger partial charge in [-0.1, -0.05) is 6.92 Å². The Balaban J connectivity index is 2.07. The number of nitrogens with one attached hydrogen (secondary N) is 1. The van der Waals surface area contributed by atoms with Crippen molar-refractivity contribution in [2.24, 2.45) is 0 Å². The smallest absolute Gasteiger partial charge is 0.225 e. The largest absolute Gasteiger partial charge is 0.338 e. The molecule has 1 atom stereocenters. The maximum Gasteiger partial charge on any atom is 0.225 e. The van der Waals surface area contributed by atoms with Gasteiger partial charge in [-0.25, -0.2) is 9.97 Å². The number of anilines is 1. The highest BCUT2D eigenvalue weighted by Crippen LogP contribution is 2.09. The summed E-state index contributed by atoms with van der Waals surface area (Å²) < 4.78 is 0. The summed E-state index contributed by atoms with van der Waals surface area (Å²) in [7, 11) is 0. The first-order valence-electron chi connectivity index (χ1n) is 5.59. The van der Waals surface area contributed by atoms with E-state index in [4.69, 9.17) is 0 Å². The van der Waals surface area contributed by atoms with Crippen molar-refractivity contribution in [2.75, 3.05) is 24.5 Å². The molecule has 1 fully saturated rings. The summed E-state index contributed by atoms with van der Waals surface area (Å²) in [6.45, 7) is 7.30. The van der Waals surface area contributed by atoms with Crippen LogP contribution < -0.4 is 10.2 Å². The van der Waals surface area contributed by atoms with Crippen molar-refractivity contribution in [3.63, 3.8) is 0 Å². The van der Waals surface area contributed by atoms with Crippen molar-refractivity contribution in [3.8, 4) is 0 Å². The van der Waals surface area contributed by atoms with E-state index in [-0.39, 0.29) is 0 Å². The van der Waals surface area contributed by atoms with Crippen LogP contribution >= 0.6 is 0 Å². The molecule has 4 nitrogen and oxygen atoms in total. The van der Waals surface area contributed by atoms with E-state index >= 15 is 0 Å². The zero-order valence-electron chi connectivity index (χ0n) is 9.40. The number of nitrogens with zero attached hydrogens (tertiary/aromatic N) is 3. The van der Waals surface area contributed by atoms with E-state index in [2.05, 4.69) is 34.0 Å². The maximum absolute atomic E-state index is 4.39. The minimum Gasteiger partial charge on any atom is -0.338 e. The molecule has 0 aromatic carbocycles. The van der Waals surface area contributed by atoms with Gasteiger partial charge in [-0.2, -0.15) is 0 Å². The van der Waals surface area contributed by atoms with Crippen LogP contribution in [0.5, 0.6) is 0 Å². The van der Waals surface area contributed by atoms with Crippen molar-refractivity contribution in [3.05, 3.63) is 18.0 Å². The molecule has 0 amide bonds. The summed E-state index contributed by atoms with van der Waals surface area (Å²) in [5.74, 6) is 0.862. The molecule has 0 aliphatic carbocycles. The van der Waals surface area contributed by atoms with Crippen LogP contribution in [-0.2, 0) is 6.42 Å². The minimum atomic E-state index is 0.521. The van der Waals surface area contributed by atoms with Crippen LogP contribution in [-0.4, -0.2) is 35.6 Å². The normalized spacial score (nSPS) is 21.7. The Morgan fingerprint density at radius 3 is 2.80 bits per heavy atom. The van der Waals surface area contributed by atoms with Gasteiger partial charge in [-0.15, -0.1) is 0 Å². The SMILES string of the molecule is CCc1cnc(N2CCNC(C)C2)nc1. The Kier molecular flexibility index (Phi) is 3.16. The Labute approximate surface area is 90.7 Å². The fourth-order valence-electron chi connectivity index (χ4n) is 1.81. The Hall–Kier alpha value is -1.16. The van der Waals surface area contributed by atoms with Crippen LogP contribution in [0.2, 0.25) is 0 Å². The summed E-state index contributed by atoms with van der Waals surface area (Å²) in [5, 5.41) is 3.41. The van der Waals surface area contributed by atoms with Gasteiger partial charge in [0.25, 0.3) is 0 Å². The zero-order chi connectivity index (χ0) is 10.7. The number of hydrogen-bond acceptors (Lipinski definition) is 4. The minimum absolute atomic E-state index is 0.521. The molecule has 15 heavy (non-hydrogen) atoms. The fraction of sp³-hybridized carbons (Fsp3) is 0.636. The second-order valence-electron chi connectivity index (χ2n) is 4.05. The van der Waals surface area contributed by atoms with E-state index in [9.17, 15) is 0 Å². The van der Waals surface area contributed by atoms with Crippen molar-refractivity contribution >= 4 is 5.95 Å². The molecule has 1 aliphatic rings. The highest BCUT2D eigenvalue weighted by atomic mass is 15.3. The van der Waals surface area contributed by atoms with Crippen LogP contribution in [0.15, 0.2) is 12.4 Å². The van der Waals surface area contributed by atoms with Crippen LogP contribution in [0.3, 0.4) is 0 Å². The first-order chi connectivity index (χ1) is 7.29. The molecule has 4 heteroatoms. The van der Waals surface area contributed by atoms with Crippen LogP contribution in [0, 0.1) is 0 Å². The number of aromatic nitrogens is 2. The van der Waals surface area contributed by atoms with Crippen molar-refractivity contribution < 1.29 is 0 Å². The zero-order valence-corrected chi connectivity index (χ0v) is 9.40. The molecule has 0 spiro atoms. The lowest BCUT2D eigenvalue weighted by atomic mass is 10.2. The van der Waals surface area contributed by atoms with Gasteiger partial charge in [0.15, 0.2) is 0 Å². The molecule has 1 saturated heterocycles. The Bertz CT molecular complexity index is 309. The van der Waals surface area contributed by atoms with Crippen LogP contribution in [0.1, 0.15) is 19.4 Å². The number of aryl methyl sites for hydroxylation is 1. The van der Waals surface area contributed by atoms with Gasteiger partial charge in [-0.05, 0) is 18.9 Å². The lowest BCUT2D eigenvalue weighted by Gasteiger charge is -2.31. The van der Waals surface area contributed by atoms with E-state index in [1.165, 1.54) is 5.56 Å². The average molecular weight is 206 g/mol. The Morgan fingerprint density at radius 1 is 1.47 bits per heavy atom. The van der Waals surface area contributed by atoms with Crippen molar-refractivity contribution in [2.45, 2.75) is 26.3 Å². The third kappa shape index (κ3) is 2.45. The molecule has 0 bridgehead atoms. The predicted octanol–water partition coefficient (Wildman–Crippen LogP) is 0.837. The monoisotopic (exact) mass is 206 g/mol. The summed E-state index contributed by atoms with van der Waals surface area (Å²) >= 11 is 0. The first-order valence-corrected chi connectivity index (χ1v) is 5.59. The lowest BCUT2D eigenvalue weighted by molar-refractivity contribution is 0.479. The number of piperazine rings is 1. The van der Waals surface area contributed by atoms with E-state index in [1.807, 2.05) is 12.4 Å². The van der Waals surface area contributed by atoms with Crippen molar-refractivity contribution in [1.82, 2.24) is 15.3 Å². The molecule has 2 heterocycles. The molecular formula is C11H18N4. The third-order valence-electron chi connectivity index (χ3n) is 2.75. The molecule has 0 saturated carbocycles. The van der Waals surface area contributed by atoms with Gasteiger partial charge in [0.1, 0.15) is 0 Å². The number of rotatable bonds is 2. The average Bonchev–Trinajstić information content (AvgIpc) is 2.29. The van der Waals surface area contributed by atoms with E-state index in [1.54, 1.807) is 0 Å². The van der Waals surface area contributed by atoms with Gasteiger partial charge < -0.3 is 10.2 Å². The molecule has 0 radical (unpaired) electrons. The highest BCUT2D eigenvalue weighted by Gasteiger charge is 2.17.